The average molecular weight is 697 g/mol. The van der Waals surface area contributed by atoms with E-state index in [0.29, 0.717) is 36.2 Å². The van der Waals surface area contributed by atoms with Crippen LogP contribution in [0.2, 0.25) is 0 Å². The second-order valence-electron chi connectivity index (χ2n) is 11.7. The molecule has 0 fully saturated rings. The smallest absolute Gasteiger partial charge is 0.328 e. The number of carboxylic acids is 1. The number of imidazole rings is 1. The lowest BCUT2D eigenvalue weighted by atomic mass is 10.0. The van der Waals surface area contributed by atoms with Crippen LogP contribution < -0.4 is 32.7 Å². The van der Waals surface area contributed by atoms with Gasteiger partial charge in [-0.2, -0.15) is 0 Å². The van der Waals surface area contributed by atoms with Gasteiger partial charge in [0.05, 0.1) is 19.0 Å². The van der Waals surface area contributed by atoms with Crippen LogP contribution in [0.1, 0.15) is 36.1 Å². The number of unbranched alkanes of at least 4 members (excludes halogenated alkanes) is 1. The average Bonchev–Trinajstić information content (AvgIpc) is 3.61. The Kier molecular flexibility index (Phi) is 15.2. The Morgan fingerprint density at radius 3 is 1.72 bits per heavy atom. The number of aromatic nitrogens is 2. The first-order valence-corrected chi connectivity index (χ1v) is 15.9. The molecule has 0 radical (unpaired) electrons. The van der Waals surface area contributed by atoms with Crippen molar-refractivity contribution >= 4 is 29.6 Å². The number of H-pyrrole nitrogens is 1. The molecule has 3 rings (SSSR count). The molecule has 0 saturated carbocycles. The molecule has 1 aromatic heterocycles. The van der Waals surface area contributed by atoms with Crippen LogP contribution in [0.3, 0.4) is 0 Å². The number of amides is 4. The maximum atomic E-state index is 13.7. The van der Waals surface area contributed by atoms with E-state index in [1.807, 2.05) is 0 Å². The number of phenolic OH excluding ortho intramolecular Hbond substituents is 2. The van der Waals surface area contributed by atoms with Crippen LogP contribution in [0.25, 0.3) is 0 Å². The summed E-state index contributed by atoms with van der Waals surface area (Å²) < 4.78 is 0. The molecule has 4 amide bonds. The van der Waals surface area contributed by atoms with Crippen molar-refractivity contribution in [2.24, 2.45) is 11.5 Å². The summed E-state index contributed by atoms with van der Waals surface area (Å²) in [4.78, 5) is 72.2. The fourth-order valence-corrected chi connectivity index (χ4v) is 4.92. The van der Waals surface area contributed by atoms with E-state index in [0.717, 1.165) is 0 Å². The molecule has 3 aromatic rings. The number of aromatic amines is 1. The van der Waals surface area contributed by atoms with Crippen LogP contribution in [0.5, 0.6) is 11.5 Å². The highest BCUT2D eigenvalue weighted by Gasteiger charge is 2.32. The minimum absolute atomic E-state index is 0.0363. The summed E-state index contributed by atoms with van der Waals surface area (Å²) in [6, 6.07) is 5.43. The molecule has 50 heavy (non-hydrogen) atoms. The molecule has 0 aliphatic heterocycles. The number of aliphatic carboxylic acids is 1. The lowest BCUT2D eigenvalue weighted by molar-refractivity contribution is -0.143. The lowest BCUT2D eigenvalue weighted by Crippen LogP contribution is -2.59. The van der Waals surface area contributed by atoms with Crippen molar-refractivity contribution in [1.82, 2.24) is 31.2 Å². The Hall–Kier alpha value is -5.52. The Balaban J connectivity index is 1.82. The molecule has 1 heterocycles. The molecule has 0 aliphatic rings. The van der Waals surface area contributed by atoms with Crippen molar-refractivity contribution in [3.05, 3.63) is 77.9 Å². The van der Waals surface area contributed by atoms with Gasteiger partial charge in [0.15, 0.2) is 0 Å². The molecular formula is C33H44N8O9. The van der Waals surface area contributed by atoms with Crippen LogP contribution >= 0.6 is 0 Å². The summed E-state index contributed by atoms with van der Waals surface area (Å²) in [6.07, 6.45) is 3.83. The fourth-order valence-electron chi connectivity index (χ4n) is 4.92. The molecule has 0 aliphatic carbocycles. The number of carbonyl (C=O) groups is 5. The number of rotatable bonds is 20. The number of hydrogen-bond acceptors (Lipinski definition) is 11. The topological polar surface area (TPSA) is 295 Å². The molecule has 2 aromatic carbocycles. The first kappa shape index (κ1) is 38.9. The van der Waals surface area contributed by atoms with E-state index in [1.165, 1.54) is 48.9 Å². The Morgan fingerprint density at radius 1 is 0.700 bits per heavy atom. The van der Waals surface area contributed by atoms with E-state index >= 15 is 0 Å². The second-order valence-corrected chi connectivity index (χ2v) is 11.7. The predicted octanol–water partition coefficient (Wildman–Crippen LogP) is -1.68. The summed E-state index contributed by atoms with van der Waals surface area (Å²) in [5.41, 5.74) is 13.5. The second kappa shape index (κ2) is 19.5. The number of benzene rings is 2. The van der Waals surface area contributed by atoms with E-state index in [9.17, 15) is 44.4 Å². The normalized spacial score (nSPS) is 14.0. The predicted molar refractivity (Wildman–Crippen MR) is 179 cm³/mol. The van der Waals surface area contributed by atoms with Gasteiger partial charge < -0.3 is 58.1 Å². The quantitative estimate of drug-likeness (QED) is 0.0591. The molecular weight excluding hydrogens is 652 g/mol. The Morgan fingerprint density at radius 2 is 1.20 bits per heavy atom. The molecule has 5 atom stereocenters. The Labute approximate surface area is 287 Å². The van der Waals surface area contributed by atoms with Gasteiger partial charge in [-0.1, -0.05) is 24.3 Å². The zero-order valence-electron chi connectivity index (χ0n) is 27.2. The van der Waals surface area contributed by atoms with Crippen LogP contribution in [0.4, 0.5) is 0 Å². The van der Waals surface area contributed by atoms with Crippen molar-refractivity contribution < 1.29 is 44.4 Å². The summed E-state index contributed by atoms with van der Waals surface area (Å²) >= 11 is 0. The van der Waals surface area contributed by atoms with Crippen molar-refractivity contribution in [1.29, 1.82) is 0 Å². The van der Waals surface area contributed by atoms with Crippen LogP contribution in [0, 0.1) is 0 Å². The summed E-state index contributed by atoms with van der Waals surface area (Å²) in [6.45, 7) is -0.593. The number of carboxylic acid groups (broad SMARTS) is 1. The number of nitrogens with zero attached hydrogens (tertiary/aromatic N) is 1. The van der Waals surface area contributed by atoms with Crippen LogP contribution in [0.15, 0.2) is 61.1 Å². The van der Waals surface area contributed by atoms with E-state index in [4.69, 9.17) is 11.5 Å². The van der Waals surface area contributed by atoms with E-state index in [1.54, 1.807) is 12.1 Å². The first-order valence-electron chi connectivity index (χ1n) is 15.9. The third-order valence-corrected chi connectivity index (χ3v) is 7.73. The van der Waals surface area contributed by atoms with Gasteiger partial charge in [-0.25, -0.2) is 9.78 Å². The van der Waals surface area contributed by atoms with Gasteiger partial charge in [0.1, 0.15) is 35.7 Å². The third kappa shape index (κ3) is 12.5. The van der Waals surface area contributed by atoms with Gasteiger partial charge in [-0.15, -0.1) is 0 Å². The SMILES string of the molecule is NCCCCC(NC(=O)C(Cc1cnc[nH]1)NC(=O)C(N)Cc1ccc(O)cc1)C(=O)NC(Cc1ccc(O)cc1)C(=O)NC(CO)C(=O)O. The highest BCUT2D eigenvalue weighted by atomic mass is 16.4. The van der Waals surface area contributed by atoms with E-state index in [-0.39, 0.29) is 37.2 Å². The molecule has 0 spiro atoms. The molecule has 270 valence electrons. The molecule has 0 saturated heterocycles. The summed E-state index contributed by atoms with van der Waals surface area (Å²) in [5.74, 6) is -4.54. The van der Waals surface area contributed by atoms with Gasteiger partial charge in [0.2, 0.25) is 23.6 Å². The maximum absolute atomic E-state index is 13.7. The van der Waals surface area contributed by atoms with Gasteiger partial charge >= 0.3 is 5.97 Å². The minimum atomic E-state index is -1.64. The first-order chi connectivity index (χ1) is 23.9. The van der Waals surface area contributed by atoms with Gasteiger partial charge in [0, 0.05) is 24.7 Å². The number of hydrogen-bond donors (Lipinski definition) is 11. The monoisotopic (exact) mass is 696 g/mol. The number of nitrogens with one attached hydrogen (secondary N) is 5. The van der Waals surface area contributed by atoms with E-state index < -0.39 is 66.4 Å². The maximum Gasteiger partial charge on any atom is 0.328 e. The minimum Gasteiger partial charge on any atom is -0.508 e. The highest BCUT2D eigenvalue weighted by molar-refractivity contribution is 5.95. The summed E-state index contributed by atoms with van der Waals surface area (Å²) in [7, 11) is 0. The standard InChI is InChI=1S/C33H44N8O9/c34-12-2-1-3-25(30(46)40-26(14-20-6-10-23(44)11-7-20)31(47)41-28(17-42)33(49)50)38-32(48)27(15-21-16-36-18-37-21)39-29(45)24(35)13-19-4-8-22(43)9-5-19/h4-11,16,18,24-28,42-44H,1-3,12-15,17,34-35H2,(H,36,37)(H,38,48)(H,39,45)(H,40,46)(H,41,47)(H,49,50). The molecule has 0 bridgehead atoms. The Bertz CT molecular complexity index is 1550. The summed E-state index contributed by atoms with van der Waals surface area (Å²) in [5, 5.41) is 48.1. The number of carbonyl (C=O) groups excluding carboxylic acids is 4. The molecule has 13 N–H and O–H groups in total. The number of phenols is 2. The largest absolute Gasteiger partial charge is 0.508 e. The van der Waals surface area contributed by atoms with Crippen LogP contribution in [-0.2, 0) is 43.2 Å². The third-order valence-electron chi connectivity index (χ3n) is 7.73. The van der Waals surface area contributed by atoms with Gasteiger partial charge in [0.25, 0.3) is 0 Å². The van der Waals surface area contributed by atoms with Crippen molar-refractivity contribution in [2.45, 2.75) is 68.7 Å². The highest BCUT2D eigenvalue weighted by Crippen LogP contribution is 2.14. The molecule has 17 heteroatoms. The number of aromatic hydroxyl groups is 2. The van der Waals surface area contributed by atoms with Crippen molar-refractivity contribution in [2.75, 3.05) is 13.2 Å². The van der Waals surface area contributed by atoms with Crippen molar-refractivity contribution in [3.63, 3.8) is 0 Å². The van der Waals surface area contributed by atoms with E-state index in [2.05, 4.69) is 31.2 Å². The number of aliphatic hydroxyl groups is 1. The van der Waals surface area contributed by atoms with Crippen molar-refractivity contribution in [3.8, 4) is 11.5 Å². The van der Waals surface area contributed by atoms with Gasteiger partial charge in [-0.3, -0.25) is 19.2 Å². The molecule has 5 unspecified atom stereocenters. The fraction of sp³-hybridized carbons (Fsp3) is 0.394. The number of nitrogens with two attached hydrogens (primary N) is 2. The zero-order chi connectivity index (χ0) is 36.6. The lowest BCUT2D eigenvalue weighted by Gasteiger charge is -2.26. The molecule has 17 nitrogen and oxygen atoms in total. The van der Waals surface area contributed by atoms with Crippen LogP contribution in [-0.4, -0.2) is 103 Å². The number of aliphatic hydroxyl groups excluding tert-OH is 1. The zero-order valence-corrected chi connectivity index (χ0v) is 27.2. The van der Waals surface area contributed by atoms with Gasteiger partial charge in [-0.05, 0) is 67.6 Å².